The summed E-state index contributed by atoms with van der Waals surface area (Å²) in [5.41, 5.74) is 0. The first-order chi connectivity index (χ1) is 0. The Bertz CT molecular complexity index is 6.00. The van der Waals surface area contributed by atoms with E-state index in [-0.39, 0.29) is 52.6 Å². The first-order valence-electron chi connectivity index (χ1n) is 0. The van der Waals surface area contributed by atoms with Crippen LogP contribution in [0.15, 0.2) is 0 Å². The molecular weight excluding hydrogens is 105 g/mol. The predicted octanol–water partition coefficient (Wildman–Crippen LogP) is -2.77. The van der Waals surface area contributed by atoms with E-state index in [1.54, 1.807) is 0 Å². The highest BCUT2D eigenvalue weighted by atomic mass is 35.5. The van der Waals surface area contributed by atoms with Crippen LogP contribution in [-0.4, -0.2) is 40.2 Å². The Morgan fingerprint density at radius 1 is 0.750 bits per heavy atom. The van der Waals surface area contributed by atoms with Crippen LogP contribution in [-0.2, 0) is 0 Å². The standard InChI is InChI=1S/2Al.ClH.H2O.6H/h;;1H;1H2;;;;;;. The second kappa shape index (κ2) is 27.4. The molecule has 0 spiro atoms. The van der Waals surface area contributed by atoms with Crippen molar-refractivity contribution in [1.29, 1.82) is 0 Å². The van der Waals surface area contributed by atoms with E-state index in [1.807, 2.05) is 0 Å². The van der Waals surface area contributed by atoms with Gasteiger partial charge in [-0.2, -0.15) is 0 Å². The molecule has 0 bridgehead atoms. The molecule has 4 heavy (non-hydrogen) atoms. The van der Waals surface area contributed by atoms with Crippen molar-refractivity contribution in [3.63, 3.8) is 0 Å². The maximum absolute atomic E-state index is 0. The smallest absolute Gasteiger partial charge is 0.187 e. The highest BCUT2D eigenvalue weighted by Crippen LogP contribution is 0.690. The van der Waals surface area contributed by atoms with Crippen molar-refractivity contribution in [2.24, 2.45) is 0 Å². The van der Waals surface area contributed by atoms with Gasteiger partial charge in [-0.3, -0.25) is 0 Å². The van der Waals surface area contributed by atoms with Gasteiger partial charge >= 0.3 is 0 Å². The van der Waals surface area contributed by atoms with Gasteiger partial charge in [0.25, 0.3) is 0 Å². The molecule has 0 aromatic heterocycles. The van der Waals surface area contributed by atoms with Crippen molar-refractivity contribution >= 4 is 47.1 Å². The Morgan fingerprint density at radius 2 is 0.750 bits per heavy atom. The summed E-state index contributed by atoms with van der Waals surface area (Å²) < 4.78 is 0. The molecule has 0 aromatic rings. The van der Waals surface area contributed by atoms with Crippen molar-refractivity contribution in [3.05, 3.63) is 0 Å². The van der Waals surface area contributed by atoms with Crippen LogP contribution in [0.1, 0.15) is 0 Å². The summed E-state index contributed by atoms with van der Waals surface area (Å²) in [6.45, 7) is 0. The van der Waals surface area contributed by atoms with Crippen LogP contribution in [0, 0.1) is 0 Å². The SMILES string of the molecule is Cl.O.[AlH3].[AlH3]. The molecule has 0 unspecified atom stereocenters. The van der Waals surface area contributed by atoms with Crippen LogP contribution in [0.2, 0.25) is 0 Å². The molecule has 0 aliphatic heterocycles. The maximum Gasteiger partial charge on any atom is 0.187 e. The van der Waals surface area contributed by atoms with Gasteiger partial charge in [-0.1, -0.05) is 0 Å². The van der Waals surface area contributed by atoms with Gasteiger partial charge in [0.1, 0.15) is 0 Å². The monoisotopic (exact) mass is 114 g/mol. The summed E-state index contributed by atoms with van der Waals surface area (Å²) in [6, 6.07) is 0. The molecule has 0 atom stereocenters. The Balaban J connectivity index is 0. The number of hydrogen-bond acceptors (Lipinski definition) is 0. The molecule has 0 rings (SSSR count). The Hall–Kier alpha value is 1.31. The molecular formula is H9Al2ClO. The molecule has 0 saturated heterocycles. The average molecular weight is 114 g/mol. The Kier molecular flexibility index (Phi) is 392. The van der Waals surface area contributed by atoms with Crippen LogP contribution in [0.3, 0.4) is 0 Å². The van der Waals surface area contributed by atoms with Crippen molar-refractivity contribution in [2.75, 3.05) is 0 Å². The quantitative estimate of drug-likeness (QED) is 0.306. The van der Waals surface area contributed by atoms with Gasteiger partial charge in [-0.25, -0.2) is 0 Å². The molecule has 2 N–H and O–H groups in total. The normalized spacial score (nSPS) is 0. The van der Waals surface area contributed by atoms with Crippen molar-refractivity contribution in [1.82, 2.24) is 0 Å². The van der Waals surface area contributed by atoms with Gasteiger partial charge in [-0.15, -0.1) is 12.4 Å². The zero-order chi connectivity index (χ0) is 0. The zero-order valence-electron chi connectivity index (χ0n) is 0.908. The number of rotatable bonds is 0. The molecule has 4 heteroatoms. The lowest BCUT2D eigenvalue weighted by molar-refractivity contribution is 0.824. The lowest BCUT2D eigenvalue weighted by atomic mass is 16.0. The van der Waals surface area contributed by atoms with Gasteiger partial charge in [0.05, 0.1) is 0 Å². The summed E-state index contributed by atoms with van der Waals surface area (Å²) in [6.07, 6.45) is 0. The van der Waals surface area contributed by atoms with E-state index < -0.39 is 0 Å². The van der Waals surface area contributed by atoms with Gasteiger partial charge < -0.3 is 5.48 Å². The fraction of sp³-hybridized carbons (Fsp3) is 0. The highest BCUT2D eigenvalue weighted by molar-refractivity contribution is 5.85. The Morgan fingerprint density at radius 3 is 0.750 bits per heavy atom. The van der Waals surface area contributed by atoms with E-state index in [2.05, 4.69) is 0 Å². The van der Waals surface area contributed by atoms with E-state index >= 15 is 0 Å². The van der Waals surface area contributed by atoms with Crippen LogP contribution in [0.5, 0.6) is 0 Å². The minimum atomic E-state index is 0. The molecule has 0 aromatic carbocycles. The maximum atomic E-state index is 0. The van der Waals surface area contributed by atoms with E-state index in [9.17, 15) is 0 Å². The second-order valence-corrected chi connectivity index (χ2v) is 0. The minimum Gasteiger partial charge on any atom is -0.412 e. The molecule has 0 amide bonds. The van der Waals surface area contributed by atoms with E-state index in [4.69, 9.17) is 0 Å². The third kappa shape index (κ3) is 10.3. The molecule has 0 fully saturated rings. The molecule has 0 radical (unpaired) electrons. The molecule has 28 valence electrons. The summed E-state index contributed by atoms with van der Waals surface area (Å²) >= 11 is 0. The molecule has 1 nitrogen and oxygen atoms in total. The lowest BCUT2D eigenvalue weighted by Crippen LogP contribution is -0.382. The van der Waals surface area contributed by atoms with Crippen LogP contribution < -0.4 is 0 Å². The largest absolute Gasteiger partial charge is 0.412 e. The predicted molar refractivity (Wildman–Crippen MR) is 30.7 cm³/mol. The summed E-state index contributed by atoms with van der Waals surface area (Å²) in [4.78, 5) is 0. The van der Waals surface area contributed by atoms with Gasteiger partial charge in [-0.05, 0) is 0 Å². The molecule has 0 heterocycles. The highest BCUT2D eigenvalue weighted by Gasteiger charge is 0.188. The molecule has 0 aliphatic rings. The zero-order valence-corrected chi connectivity index (χ0v) is 1.72. The second-order valence-electron chi connectivity index (χ2n) is 0. The average Bonchev–Trinajstić information content (AvgIpc) is 0. The van der Waals surface area contributed by atoms with Crippen molar-refractivity contribution in [3.8, 4) is 0 Å². The third-order valence-corrected chi connectivity index (χ3v) is 0. The first-order valence-corrected chi connectivity index (χ1v) is 0. The fourth-order valence-corrected chi connectivity index (χ4v) is 0. The molecule has 0 aliphatic carbocycles. The van der Waals surface area contributed by atoms with Gasteiger partial charge in [0.2, 0.25) is 0 Å². The summed E-state index contributed by atoms with van der Waals surface area (Å²) in [5, 5.41) is 0. The number of hydrogen-bond donors (Lipinski definition) is 0. The van der Waals surface area contributed by atoms with Crippen molar-refractivity contribution < 1.29 is 5.48 Å². The van der Waals surface area contributed by atoms with E-state index in [0.717, 1.165) is 0 Å². The van der Waals surface area contributed by atoms with Gasteiger partial charge in [0.15, 0.2) is 34.7 Å². The molecule has 0 saturated carbocycles. The first kappa shape index (κ1) is 57.2. The fourth-order valence-electron chi connectivity index (χ4n) is 0. The van der Waals surface area contributed by atoms with Crippen LogP contribution in [0.25, 0.3) is 0 Å². The van der Waals surface area contributed by atoms with Crippen molar-refractivity contribution in [2.45, 2.75) is 0 Å². The third-order valence-electron chi connectivity index (χ3n) is 0. The summed E-state index contributed by atoms with van der Waals surface area (Å²) in [7, 11) is 0. The van der Waals surface area contributed by atoms with Gasteiger partial charge in [0, 0.05) is 0 Å². The summed E-state index contributed by atoms with van der Waals surface area (Å²) in [5.74, 6) is 0. The lowest BCUT2D eigenvalue weighted by Gasteiger charge is -0.412. The van der Waals surface area contributed by atoms with Crippen LogP contribution >= 0.6 is 12.4 Å². The minimum absolute atomic E-state index is 0. The topological polar surface area (TPSA) is 31.5 Å². The van der Waals surface area contributed by atoms with Crippen LogP contribution in [0.4, 0.5) is 0 Å². The Labute approximate surface area is 52.7 Å². The van der Waals surface area contributed by atoms with E-state index in [1.165, 1.54) is 0 Å². The number of halogens is 1. The van der Waals surface area contributed by atoms with E-state index in [0.29, 0.717) is 0 Å².